The minimum atomic E-state index is -0.934. The first kappa shape index (κ1) is 23.0. The summed E-state index contributed by atoms with van der Waals surface area (Å²) in [5.74, 6) is -0.438. The molecular formula is C25H28ClNO4S. The second-order valence-corrected chi connectivity index (χ2v) is 10.6. The van der Waals surface area contributed by atoms with Crippen molar-refractivity contribution in [2.45, 2.75) is 61.2 Å². The van der Waals surface area contributed by atoms with Gasteiger partial charge in [-0.3, -0.25) is 4.79 Å². The molecule has 0 aromatic heterocycles. The number of rotatable bonds is 8. The zero-order valence-electron chi connectivity index (χ0n) is 17.8. The van der Waals surface area contributed by atoms with Crippen molar-refractivity contribution in [3.05, 3.63) is 70.7 Å². The minimum absolute atomic E-state index is 0.412. The van der Waals surface area contributed by atoms with E-state index in [9.17, 15) is 14.7 Å². The zero-order valence-corrected chi connectivity index (χ0v) is 19.4. The maximum Gasteiger partial charge on any atom is 0.408 e. The highest BCUT2D eigenvalue weighted by Crippen LogP contribution is 2.57. The van der Waals surface area contributed by atoms with Crippen LogP contribution in [0.4, 0.5) is 4.79 Å². The molecule has 4 rings (SSSR count). The van der Waals surface area contributed by atoms with Crippen LogP contribution in [0.5, 0.6) is 0 Å². The summed E-state index contributed by atoms with van der Waals surface area (Å²) < 4.78 is 4.86. The van der Waals surface area contributed by atoms with E-state index in [-0.39, 0.29) is 0 Å². The van der Waals surface area contributed by atoms with Crippen LogP contribution in [0.2, 0.25) is 5.02 Å². The van der Waals surface area contributed by atoms with Gasteiger partial charge in [0.1, 0.15) is 16.2 Å². The predicted molar refractivity (Wildman–Crippen MR) is 127 cm³/mol. The summed E-state index contributed by atoms with van der Waals surface area (Å²) in [6.07, 6.45) is 5.67. The van der Waals surface area contributed by atoms with Crippen molar-refractivity contribution in [1.82, 2.24) is 5.32 Å². The van der Waals surface area contributed by atoms with Crippen molar-refractivity contribution in [2.24, 2.45) is 5.92 Å². The summed E-state index contributed by atoms with van der Waals surface area (Å²) in [6, 6.07) is 17.0. The molecule has 1 amide bonds. The molecule has 170 valence electrons. The Morgan fingerprint density at radius 3 is 2.56 bits per heavy atom. The molecule has 0 bridgehead atoms. The lowest BCUT2D eigenvalue weighted by Gasteiger charge is -2.24. The van der Waals surface area contributed by atoms with Crippen LogP contribution in [0.15, 0.2) is 54.6 Å². The molecule has 1 saturated carbocycles. The van der Waals surface area contributed by atoms with Crippen LogP contribution in [0, 0.1) is 5.92 Å². The first-order valence-electron chi connectivity index (χ1n) is 11.1. The van der Waals surface area contributed by atoms with E-state index in [4.69, 9.17) is 16.3 Å². The van der Waals surface area contributed by atoms with Gasteiger partial charge in [-0.2, -0.15) is 0 Å². The third kappa shape index (κ3) is 5.59. The average molecular weight is 474 g/mol. The van der Waals surface area contributed by atoms with Crippen molar-refractivity contribution in [1.29, 1.82) is 0 Å². The van der Waals surface area contributed by atoms with Crippen molar-refractivity contribution in [2.75, 3.05) is 0 Å². The number of ether oxygens (including phenoxy) is 1. The normalized spacial score (nSPS) is 23.8. The van der Waals surface area contributed by atoms with E-state index in [0.717, 1.165) is 36.8 Å². The van der Waals surface area contributed by atoms with Gasteiger partial charge < -0.3 is 15.2 Å². The number of halogens is 1. The number of aliphatic carboxylic acids is 1. The standard InChI is InChI=1S/C25H28ClNO4S/c26-20-13-7-10-18(14-20)15-21(19-11-5-2-6-12-19)31-24(30)27-22-25(32-22,23(28)29)16-17-8-3-1-4-9-17/h2,5-7,10-14,17,21-22H,1,3-4,8-9,15-16H2,(H,27,30)(H,28,29)/t21?,22?,25-/m1/s1. The SMILES string of the molecule is O=C(NC1S[C@@]1(CC1CCCCC1)C(=O)O)OC(Cc1cccc(Cl)c1)c1ccccc1. The number of amides is 1. The molecule has 2 aromatic rings. The van der Waals surface area contributed by atoms with Gasteiger partial charge in [-0.15, -0.1) is 11.8 Å². The molecule has 1 aliphatic carbocycles. The molecule has 32 heavy (non-hydrogen) atoms. The number of carbonyl (C=O) groups excluding carboxylic acids is 1. The number of carboxylic acids is 1. The Morgan fingerprint density at radius 1 is 1.12 bits per heavy atom. The summed E-state index contributed by atoms with van der Waals surface area (Å²) in [5, 5.41) is 12.8. The molecule has 1 saturated heterocycles. The van der Waals surface area contributed by atoms with Gasteiger partial charge in [-0.05, 0) is 35.6 Å². The van der Waals surface area contributed by atoms with Gasteiger partial charge in [-0.25, -0.2) is 4.79 Å². The maximum absolute atomic E-state index is 12.8. The highest BCUT2D eigenvalue weighted by Gasteiger charge is 2.63. The lowest BCUT2D eigenvalue weighted by molar-refractivity contribution is -0.139. The highest BCUT2D eigenvalue weighted by molar-refractivity contribution is 8.09. The van der Waals surface area contributed by atoms with Gasteiger partial charge in [0.2, 0.25) is 0 Å². The Bertz CT molecular complexity index is 950. The van der Waals surface area contributed by atoms with Gasteiger partial charge in [0.15, 0.2) is 0 Å². The topological polar surface area (TPSA) is 75.6 Å². The smallest absolute Gasteiger partial charge is 0.408 e. The quantitative estimate of drug-likeness (QED) is 0.445. The fourth-order valence-electron chi connectivity index (χ4n) is 4.59. The van der Waals surface area contributed by atoms with Crippen LogP contribution in [-0.2, 0) is 16.0 Å². The van der Waals surface area contributed by atoms with Crippen LogP contribution < -0.4 is 5.32 Å². The molecule has 5 nitrogen and oxygen atoms in total. The minimum Gasteiger partial charge on any atom is -0.480 e. The van der Waals surface area contributed by atoms with Gasteiger partial charge >= 0.3 is 12.1 Å². The van der Waals surface area contributed by atoms with Gasteiger partial charge in [0.05, 0.1) is 0 Å². The third-order valence-electron chi connectivity index (χ3n) is 6.35. The first-order chi connectivity index (χ1) is 15.5. The van der Waals surface area contributed by atoms with E-state index in [2.05, 4.69) is 5.32 Å². The molecule has 2 N–H and O–H groups in total. The van der Waals surface area contributed by atoms with Crippen LogP contribution >= 0.6 is 23.4 Å². The largest absolute Gasteiger partial charge is 0.480 e. The number of nitrogens with one attached hydrogen (secondary N) is 1. The monoisotopic (exact) mass is 473 g/mol. The van der Waals surface area contributed by atoms with Crippen molar-refractivity contribution in [3.63, 3.8) is 0 Å². The maximum atomic E-state index is 12.8. The molecule has 1 aliphatic heterocycles. The van der Waals surface area contributed by atoms with Crippen LogP contribution in [0.1, 0.15) is 55.8 Å². The molecule has 2 fully saturated rings. The molecule has 0 radical (unpaired) electrons. The van der Waals surface area contributed by atoms with Gasteiger partial charge in [0, 0.05) is 11.4 Å². The number of hydrogen-bond acceptors (Lipinski definition) is 4. The Morgan fingerprint density at radius 2 is 1.88 bits per heavy atom. The summed E-state index contributed by atoms with van der Waals surface area (Å²) in [6.45, 7) is 0. The number of alkyl carbamates (subject to hydrolysis) is 1. The fraction of sp³-hybridized carbons (Fsp3) is 0.440. The van der Waals surface area contributed by atoms with E-state index in [1.807, 2.05) is 48.5 Å². The van der Waals surface area contributed by atoms with E-state index in [1.54, 1.807) is 6.07 Å². The number of carbonyl (C=O) groups is 2. The molecule has 2 aliphatic rings. The van der Waals surface area contributed by atoms with Crippen molar-refractivity contribution < 1.29 is 19.4 Å². The Balaban J connectivity index is 1.41. The molecule has 1 heterocycles. The van der Waals surface area contributed by atoms with Crippen LogP contribution in [0.3, 0.4) is 0 Å². The molecule has 7 heteroatoms. The molecule has 2 unspecified atom stereocenters. The molecule has 0 spiro atoms. The summed E-state index contributed by atoms with van der Waals surface area (Å²) in [5.41, 5.74) is 1.83. The van der Waals surface area contributed by atoms with E-state index in [0.29, 0.717) is 23.8 Å². The Labute approximate surface area is 197 Å². The zero-order chi connectivity index (χ0) is 22.6. The Kier molecular flexibility index (Phi) is 7.31. The molecular weight excluding hydrogens is 446 g/mol. The highest BCUT2D eigenvalue weighted by atomic mass is 35.5. The van der Waals surface area contributed by atoms with Crippen LogP contribution in [0.25, 0.3) is 0 Å². The third-order valence-corrected chi connectivity index (χ3v) is 8.09. The Hall–Kier alpha value is -2.18. The number of benzene rings is 2. The second-order valence-electron chi connectivity index (χ2n) is 8.68. The number of thioether (sulfide) groups is 1. The van der Waals surface area contributed by atoms with Gasteiger partial charge in [-0.1, -0.05) is 86.2 Å². The lowest BCUT2D eigenvalue weighted by Crippen LogP contribution is -2.39. The number of hydrogen-bond donors (Lipinski definition) is 2. The molecule has 2 aromatic carbocycles. The van der Waals surface area contributed by atoms with E-state index >= 15 is 0 Å². The van der Waals surface area contributed by atoms with E-state index in [1.165, 1.54) is 18.2 Å². The predicted octanol–water partition coefficient (Wildman–Crippen LogP) is 6.22. The summed E-state index contributed by atoms with van der Waals surface area (Å²) in [7, 11) is 0. The lowest BCUT2D eigenvalue weighted by atomic mass is 9.82. The van der Waals surface area contributed by atoms with Crippen molar-refractivity contribution in [3.8, 4) is 0 Å². The first-order valence-corrected chi connectivity index (χ1v) is 12.4. The fourth-order valence-corrected chi connectivity index (χ4v) is 6.00. The summed E-state index contributed by atoms with van der Waals surface area (Å²) >= 11 is 7.43. The number of carboxylic acid groups (broad SMARTS) is 1. The second kappa shape index (κ2) is 10.2. The van der Waals surface area contributed by atoms with Crippen LogP contribution in [-0.4, -0.2) is 27.3 Å². The van der Waals surface area contributed by atoms with Crippen molar-refractivity contribution >= 4 is 35.4 Å². The average Bonchev–Trinajstić information content (AvgIpc) is 3.47. The summed E-state index contributed by atoms with van der Waals surface area (Å²) in [4.78, 5) is 24.8. The van der Waals surface area contributed by atoms with E-state index < -0.39 is 28.3 Å². The van der Waals surface area contributed by atoms with Gasteiger partial charge in [0.25, 0.3) is 0 Å². The molecule has 3 atom stereocenters.